The Hall–Kier alpha value is -1.07. The van der Waals surface area contributed by atoms with E-state index in [-0.39, 0.29) is 30.3 Å². The number of phenolic OH excluding ortho intramolecular Hbond substituents is 2. The van der Waals surface area contributed by atoms with Crippen LogP contribution in [0.5, 0.6) is 11.5 Å². The fraction of sp³-hybridized carbons (Fsp3) is 0.455. The molecule has 0 fully saturated rings. The van der Waals surface area contributed by atoms with Crippen LogP contribution in [0.15, 0.2) is 18.2 Å². The van der Waals surface area contributed by atoms with Gasteiger partial charge < -0.3 is 25.0 Å². The molecule has 0 radical (unpaired) electrons. The first-order valence-corrected chi connectivity index (χ1v) is 7.22. The summed E-state index contributed by atoms with van der Waals surface area (Å²) in [6.07, 6.45) is 0. The Morgan fingerprint density at radius 2 is 1.83 bits per heavy atom. The highest BCUT2D eigenvalue weighted by atomic mass is 31.2. The molecule has 1 rings (SSSR count). The average Bonchev–Trinajstić information content (AvgIpc) is 2.32. The lowest BCUT2D eigenvalue weighted by Crippen LogP contribution is -2.15. The highest BCUT2D eigenvalue weighted by molar-refractivity contribution is 7.54. The molecule has 1 atom stereocenters. The molecule has 0 aliphatic rings. The Balaban J connectivity index is 3.13. The Bertz CT molecular complexity index is 441. The fourth-order valence-corrected chi connectivity index (χ4v) is 3.17. The molecule has 102 valence electrons. The van der Waals surface area contributed by atoms with Crippen LogP contribution in [0.2, 0.25) is 0 Å². The summed E-state index contributed by atoms with van der Waals surface area (Å²) in [7, 11) is -3.57. The van der Waals surface area contributed by atoms with Crippen molar-refractivity contribution in [1.29, 1.82) is 0 Å². The zero-order valence-electron chi connectivity index (χ0n) is 10.4. The van der Waals surface area contributed by atoms with Gasteiger partial charge in [-0.1, -0.05) is 0 Å². The Morgan fingerprint density at radius 1 is 1.28 bits per heavy atom. The van der Waals surface area contributed by atoms with Gasteiger partial charge in [-0.25, -0.2) is 0 Å². The molecule has 0 amide bonds. The van der Waals surface area contributed by atoms with E-state index in [2.05, 4.69) is 0 Å². The van der Waals surface area contributed by atoms with E-state index in [1.807, 2.05) is 0 Å². The van der Waals surface area contributed by atoms with Crippen LogP contribution in [-0.4, -0.2) is 23.4 Å². The van der Waals surface area contributed by atoms with Gasteiger partial charge in [-0.2, -0.15) is 0 Å². The van der Waals surface area contributed by atoms with Crippen molar-refractivity contribution in [3.63, 3.8) is 0 Å². The molecule has 1 aromatic rings. The van der Waals surface area contributed by atoms with Crippen molar-refractivity contribution in [3.8, 4) is 11.5 Å². The number of nitrogens with two attached hydrogens (primary N) is 1. The molecular formula is C11H18NO5P. The molecular weight excluding hydrogens is 257 g/mol. The monoisotopic (exact) mass is 275 g/mol. The first kappa shape index (κ1) is 15.0. The van der Waals surface area contributed by atoms with Crippen LogP contribution in [-0.2, 0) is 13.6 Å². The first-order chi connectivity index (χ1) is 8.44. The van der Waals surface area contributed by atoms with Crippen LogP contribution >= 0.6 is 7.60 Å². The lowest BCUT2D eigenvalue weighted by atomic mass is 10.2. The molecule has 4 N–H and O–H groups in total. The molecule has 1 aromatic carbocycles. The molecule has 0 unspecified atom stereocenters. The van der Waals surface area contributed by atoms with Gasteiger partial charge in [0.15, 0.2) is 0 Å². The van der Waals surface area contributed by atoms with Crippen molar-refractivity contribution in [2.45, 2.75) is 19.6 Å². The zero-order valence-corrected chi connectivity index (χ0v) is 11.3. The standard InChI is InChI=1S/C11H18NO5P/c1-3-16-18(15,17-4-2)11(12)9-7-8(13)5-6-10(9)14/h5-7,11,13-14H,3-4,12H2,1-2H3/t11-/m1/s1. The van der Waals surface area contributed by atoms with Gasteiger partial charge in [0, 0.05) is 5.56 Å². The van der Waals surface area contributed by atoms with E-state index in [0.29, 0.717) is 0 Å². The average molecular weight is 275 g/mol. The fourth-order valence-electron chi connectivity index (χ4n) is 1.51. The van der Waals surface area contributed by atoms with Crippen molar-refractivity contribution in [2.75, 3.05) is 13.2 Å². The van der Waals surface area contributed by atoms with Gasteiger partial charge in [-0.3, -0.25) is 4.57 Å². The summed E-state index contributed by atoms with van der Waals surface area (Å²) >= 11 is 0. The minimum atomic E-state index is -3.57. The Kier molecular flexibility index (Phi) is 5.16. The van der Waals surface area contributed by atoms with Gasteiger partial charge in [0.1, 0.15) is 17.3 Å². The quantitative estimate of drug-likeness (QED) is 0.544. The van der Waals surface area contributed by atoms with E-state index in [0.717, 1.165) is 0 Å². The van der Waals surface area contributed by atoms with Crippen molar-refractivity contribution >= 4 is 7.60 Å². The van der Waals surface area contributed by atoms with Gasteiger partial charge in [-0.05, 0) is 32.0 Å². The van der Waals surface area contributed by atoms with E-state index in [9.17, 15) is 14.8 Å². The molecule has 0 aliphatic carbocycles. The maximum absolute atomic E-state index is 12.4. The first-order valence-electron chi connectivity index (χ1n) is 5.60. The van der Waals surface area contributed by atoms with Gasteiger partial charge in [0.05, 0.1) is 13.2 Å². The van der Waals surface area contributed by atoms with E-state index in [1.54, 1.807) is 13.8 Å². The normalized spacial score (nSPS) is 13.5. The number of aromatic hydroxyl groups is 2. The molecule has 0 aliphatic heterocycles. The maximum Gasteiger partial charge on any atom is 0.351 e. The minimum Gasteiger partial charge on any atom is -0.508 e. The van der Waals surface area contributed by atoms with Crippen LogP contribution in [0.1, 0.15) is 25.2 Å². The third-order valence-corrected chi connectivity index (χ3v) is 4.48. The second-order valence-corrected chi connectivity index (χ2v) is 5.72. The lowest BCUT2D eigenvalue weighted by Gasteiger charge is -2.23. The van der Waals surface area contributed by atoms with E-state index in [1.165, 1.54) is 18.2 Å². The lowest BCUT2D eigenvalue weighted by molar-refractivity contribution is 0.212. The summed E-state index contributed by atoms with van der Waals surface area (Å²) < 4.78 is 22.6. The molecule has 0 bridgehead atoms. The summed E-state index contributed by atoms with van der Waals surface area (Å²) in [6, 6.07) is 3.81. The predicted molar refractivity (Wildman–Crippen MR) is 67.6 cm³/mol. The molecule has 18 heavy (non-hydrogen) atoms. The van der Waals surface area contributed by atoms with Gasteiger partial charge in [0.2, 0.25) is 0 Å². The smallest absolute Gasteiger partial charge is 0.351 e. The highest BCUT2D eigenvalue weighted by Gasteiger charge is 2.35. The SMILES string of the molecule is CCOP(=O)(OCC)[C@@H](N)c1cc(O)ccc1O. The molecule has 7 heteroatoms. The third-order valence-electron chi connectivity index (χ3n) is 2.29. The maximum atomic E-state index is 12.4. The highest BCUT2D eigenvalue weighted by Crippen LogP contribution is 2.59. The zero-order chi connectivity index (χ0) is 13.8. The van der Waals surface area contributed by atoms with Crippen molar-refractivity contribution < 1.29 is 23.8 Å². The summed E-state index contributed by atoms with van der Waals surface area (Å²) in [6.45, 7) is 3.68. The predicted octanol–water partition coefficient (Wildman–Crippen LogP) is 2.32. The largest absolute Gasteiger partial charge is 0.508 e. The van der Waals surface area contributed by atoms with Crippen molar-refractivity contribution in [2.24, 2.45) is 5.73 Å². The Morgan fingerprint density at radius 3 is 2.33 bits per heavy atom. The van der Waals surface area contributed by atoms with E-state index in [4.69, 9.17) is 14.8 Å². The summed E-state index contributed by atoms with van der Waals surface area (Å²) in [5, 5.41) is 19.1. The van der Waals surface area contributed by atoms with E-state index >= 15 is 0 Å². The summed E-state index contributed by atoms with van der Waals surface area (Å²) in [5.41, 5.74) is 5.96. The molecule has 0 saturated heterocycles. The van der Waals surface area contributed by atoms with Gasteiger partial charge in [-0.15, -0.1) is 0 Å². The third kappa shape index (κ3) is 3.23. The summed E-state index contributed by atoms with van der Waals surface area (Å²) in [5.74, 6) is -1.40. The molecule has 0 aromatic heterocycles. The van der Waals surface area contributed by atoms with Crippen LogP contribution in [0.25, 0.3) is 0 Å². The van der Waals surface area contributed by atoms with Crippen molar-refractivity contribution in [1.82, 2.24) is 0 Å². The van der Waals surface area contributed by atoms with Crippen LogP contribution < -0.4 is 5.73 Å². The van der Waals surface area contributed by atoms with Crippen molar-refractivity contribution in [3.05, 3.63) is 23.8 Å². The molecule has 0 saturated carbocycles. The van der Waals surface area contributed by atoms with E-state index < -0.39 is 13.4 Å². The Labute approximate surface area is 106 Å². The van der Waals surface area contributed by atoms with Gasteiger partial charge >= 0.3 is 7.60 Å². The number of rotatable bonds is 6. The molecule has 6 nitrogen and oxygen atoms in total. The van der Waals surface area contributed by atoms with Crippen LogP contribution in [0, 0.1) is 0 Å². The van der Waals surface area contributed by atoms with Crippen LogP contribution in [0.4, 0.5) is 0 Å². The second kappa shape index (κ2) is 6.20. The topological polar surface area (TPSA) is 102 Å². The number of hydrogen-bond donors (Lipinski definition) is 3. The van der Waals surface area contributed by atoms with Gasteiger partial charge in [0.25, 0.3) is 0 Å². The molecule has 0 spiro atoms. The minimum absolute atomic E-state index is 0.0854. The second-order valence-electron chi connectivity index (χ2n) is 3.56. The number of hydrogen-bond acceptors (Lipinski definition) is 6. The number of phenols is 2. The molecule has 0 heterocycles. The number of benzene rings is 1. The van der Waals surface area contributed by atoms with Crippen LogP contribution in [0.3, 0.4) is 0 Å². The summed E-state index contributed by atoms with van der Waals surface area (Å²) in [4.78, 5) is 0.